The molecule has 4 N–H and O–H groups in total. The Hall–Kier alpha value is -0.230. The Labute approximate surface area is 418 Å². The van der Waals surface area contributed by atoms with Gasteiger partial charge in [-0.15, -0.1) is 0 Å². The van der Waals surface area contributed by atoms with Crippen molar-refractivity contribution in [2.24, 2.45) is 0 Å². The zero-order valence-electron chi connectivity index (χ0n) is 36.0. The van der Waals surface area contributed by atoms with Crippen LogP contribution in [0.4, 0.5) is 0 Å². The summed E-state index contributed by atoms with van der Waals surface area (Å²) >= 11 is 0. The van der Waals surface area contributed by atoms with Crippen molar-refractivity contribution in [3.05, 3.63) is 21.0 Å². The van der Waals surface area contributed by atoms with Crippen molar-refractivity contribution < 1.29 is 184 Å². The minimum Gasteiger partial charge on any atom is -0.640 e. The van der Waals surface area contributed by atoms with Gasteiger partial charge in [0.15, 0.2) is 0 Å². The molecule has 0 aromatic rings. The first-order chi connectivity index (χ1) is 27.1. The van der Waals surface area contributed by atoms with Gasteiger partial charge in [0.05, 0.1) is 19.8 Å². The van der Waals surface area contributed by atoms with Crippen LogP contribution < -0.4 is 88.7 Å². The fraction of sp³-hybridized carbons (Fsp3) is 0.750. The van der Waals surface area contributed by atoms with Gasteiger partial charge in [-0.2, -0.15) is 14.2 Å². The molecule has 0 radical (unpaired) electrons. The Balaban J connectivity index is -0.000000429. The number of hydrogen-bond donors (Lipinski definition) is 4. The number of rotatable bonds is 24. The van der Waals surface area contributed by atoms with Crippen LogP contribution in [0.2, 0.25) is 0 Å². The fourth-order valence-electron chi connectivity index (χ4n) is 4.52. The molecule has 2 rings (SSSR count). The standard InChI is InChI=1S/C16H26O12P.2C10H17O4.3Na/c1-2-3-5-9(17)24-7-4-6-10(18)25-8-26-29(23)27-15-12(20)11(19)13(21)16(28-29)14(15)22;2*1-3-4-6-10(12)14-8-5-7-9(11)13-2;;;/h8,11-16,19-22H,2-7H2,1H3;2*2-8H2,1H3;;;/q3*-1;3*+1/t11?,12-,13+,14?,15-,16-,29?;;;;;/m0...../s1. The molecular weight excluding hydrogens is 852 g/mol. The van der Waals surface area contributed by atoms with E-state index in [9.17, 15) is 53.8 Å². The molecule has 2 bridgehead atoms. The molecule has 1 saturated heterocycles. The number of aliphatic hydroxyl groups is 4. The van der Waals surface area contributed by atoms with Gasteiger partial charge in [0.2, 0.25) is 0 Å². The van der Waals surface area contributed by atoms with Crippen molar-refractivity contribution in [1.29, 1.82) is 0 Å². The van der Waals surface area contributed by atoms with Crippen molar-refractivity contribution in [3.63, 3.8) is 0 Å². The van der Waals surface area contributed by atoms with Gasteiger partial charge in [0.1, 0.15) is 36.6 Å². The predicted molar refractivity (Wildman–Crippen MR) is 195 cm³/mol. The van der Waals surface area contributed by atoms with E-state index in [4.69, 9.17) is 23.3 Å². The van der Waals surface area contributed by atoms with E-state index in [1.54, 1.807) is 0 Å². The van der Waals surface area contributed by atoms with Gasteiger partial charge in [-0.1, -0.05) is 40.0 Å². The fourth-order valence-corrected chi connectivity index (χ4v) is 5.91. The maximum atomic E-state index is 12.4. The van der Waals surface area contributed by atoms with Gasteiger partial charge >= 0.3 is 114 Å². The molecule has 7 atom stereocenters. The van der Waals surface area contributed by atoms with Crippen LogP contribution in [0.3, 0.4) is 0 Å². The molecule has 0 aromatic carbocycles. The SMILES string of the molecule is CCCCC(=O)OCCCC(=O)O[CH-]OP1(=O)O[C@@H]2C(O)[C@@H](O1)[C@@H](O)C(O)[C@H]2O.[CH2-]OC(=O)CCCOC(=O)CCCC.[CH2-]OC(=O)CCCOC(=O)CCCC.[Na+].[Na+].[Na+]. The van der Waals surface area contributed by atoms with E-state index < -0.39 is 50.4 Å². The van der Waals surface area contributed by atoms with Crippen LogP contribution in [0, 0.1) is 21.0 Å². The summed E-state index contributed by atoms with van der Waals surface area (Å²) in [5.74, 6) is -2.27. The number of esters is 6. The number of unbranched alkanes of at least 4 members (excludes halogenated alkanes) is 3. The van der Waals surface area contributed by atoms with Gasteiger partial charge in [-0.05, 0) is 45.3 Å². The van der Waals surface area contributed by atoms with E-state index in [1.807, 2.05) is 20.8 Å². The molecule has 332 valence electrons. The van der Waals surface area contributed by atoms with E-state index in [0.717, 1.165) is 38.5 Å². The number of carbonyl (C=O) groups is 6. The molecule has 3 unspecified atom stereocenters. The maximum Gasteiger partial charge on any atom is 1.00 e. The molecule has 20 nitrogen and oxygen atoms in total. The average molecular weight is 913 g/mol. The number of fused-ring (bicyclic) bond motifs is 2. The van der Waals surface area contributed by atoms with E-state index in [2.05, 4.69) is 33.0 Å². The Morgan fingerprint density at radius 1 is 0.517 bits per heavy atom. The number of aliphatic hydroxyl groups excluding tert-OH is 4. The third kappa shape index (κ3) is 30.8. The first kappa shape index (κ1) is 66.4. The number of carbonyl (C=O) groups excluding carboxylic acids is 6. The van der Waals surface area contributed by atoms with Gasteiger partial charge in [0.25, 0.3) is 17.9 Å². The van der Waals surface area contributed by atoms with Crippen molar-refractivity contribution in [2.75, 3.05) is 19.8 Å². The molecule has 2 fully saturated rings. The summed E-state index contributed by atoms with van der Waals surface area (Å²) in [4.78, 5) is 66.0. The minimum atomic E-state index is -4.43. The Bertz CT molecular complexity index is 1180. The van der Waals surface area contributed by atoms with Gasteiger partial charge in [-0.3, -0.25) is 37.8 Å². The van der Waals surface area contributed by atoms with Gasteiger partial charge in [0, 0.05) is 38.5 Å². The summed E-state index contributed by atoms with van der Waals surface area (Å²) in [6.07, 6.45) is -1.76. The number of phosphoric acid groups is 1. The monoisotopic (exact) mass is 912 g/mol. The molecule has 0 amide bonds. The molecule has 1 heterocycles. The summed E-state index contributed by atoms with van der Waals surface area (Å²) in [5, 5.41) is 39.2. The zero-order chi connectivity index (χ0) is 43.2. The molecule has 24 heteroatoms. The summed E-state index contributed by atoms with van der Waals surface area (Å²) < 4.78 is 54.6. The molecule has 60 heavy (non-hydrogen) atoms. The van der Waals surface area contributed by atoms with Crippen LogP contribution >= 0.6 is 7.82 Å². The summed E-state index contributed by atoms with van der Waals surface area (Å²) in [6.45, 7) is 6.98. The van der Waals surface area contributed by atoms with E-state index in [0.29, 0.717) is 38.9 Å². The maximum absolute atomic E-state index is 12.4. The number of phosphoric ester groups is 1. The predicted octanol–water partition coefficient (Wildman–Crippen LogP) is -5.79. The smallest absolute Gasteiger partial charge is 0.640 e. The van der Waals surface area contributed by atoms with E-state index in [-0.39, 0.29) is 164 Å². The third-order valence-electron chi connectivity index (χ3n) is 7.79. The molecule has 1 aliphatic carbocycles. The Morgan fingerprint density at radius 2 is 0.833 bits per heavy atom. The average Bonchev–Trinajstić information content (AvgIpc) is 3.20. The van der Waals surface area contributed by atoms with Crippen LogP contribution in [-0.4, -0.2) is 113 Å². The topological polar surface area (TPSA) is 283 Å². The van der Waals surface area contributed by atoms with Crippen LogP contribution in [0.15, 0.2) is 0 Å². The summed E-state index contributed by atoms with van der Waals surface area (Å²) in [6, 6.07) is 0. The van der Waals surface area contributed by atoms with Crippen LogP contribution in [-0.2, 0) is 75.3 Å². The summed E-state index contributed by atoms with van der Waals surface area (Å²) in [7, 11) is 1.53. The number of ether oxygens (including phenoxy) is 6. The molecular formula is C36H60Na3O20P. The van der Waals surface area contributed by atoms with Crippen LogP contribution in [0.5, 0.6) is 0 Å². The normalized spacial score (nSPS) is 22.1. The van der Waals surface area contributed by atoms with E-state index in [1.165, 1.54) is 0 Å². The van der Waals surface area contributed by atoms with Gasteiger partial charge in [-0.25, -0.2) is 4.57 Å². The van der Waals surface area contributed by atoms with Crippen LogP contribution in [0.1, 0.15) is 117 Å². The quantitative estimate of drug-likeness (QED) is 0.0175. The minimum absolute atomic E-state index is 0. The molecule has 2 aliphatic rings. The molecule has 0 aromatic heterocycles. The summed E-state index contributed by atoms with van der Waals surface area (Å²) in [5.41, 5.74) is 0. The molecule has 0 spiro atoms. The number of hydrogen-bond acceptors (Lipinski definition) is 20. The van der Waals surface area contributed by atoms with Crippen LogP contribution in [0.25, 0.3) is 0 Å². The zero-order valence-corrected chi connectivity index (χ0v) is 42.8. The van der Waals surface area contributed by atoms with Crippen molar-refractivity contribution in [3.8, 4) is 0 Å². The second kappa shape index (κ2) is 40.3. The molecule has 1 saturated carbocycles. The largest absolute Gasteiger partial charge is 1.00 e. The Kier molecular flexibility index (Phi) is 44.6. The first-order valence-electron chi connectivity index (χ1n) is 18.8. The van der Waals surface area contributed by atoms with Gasteiger partial charge < -0.3 is 53.4 Å². The molecule has 1 aliphatic heterocycles. The third-order valence-corrected chi connectivity index (χ3v) is 9.14. The van der Waals surface area contributed by atoms with Crippen molar-refractivity contribution >= 4 is 43.6 Å². The second-order valence-corrected chi connectivity index (χ2v) is 14.1. The first-order valence-corrected chi connectivity index (χ1v) is 20.3. The van der Waals surface area contributed by atoms with E-state index >= 15 is 0 Å². The second-order valence-electron chi connectivity index (χ2n) is 12.6. The van der Waals surface area contributed by atoms with Crippen molar-refractivity contribution in [1.82, 2.24) is 0 Å². The Morgan fingerprint density at radius 3 is 1.15 bits per heavy atom. The van der Waals surface area contributed by atoms with Crippen molar-refractivity contribution in [2.45, 2.75) is 154 Å².